The van der Waals surface area contributed by atoms with Gasteiger partial charge in [-0.25, -0.2) is 0 Å². The van der Waals surface area contributed by atoms with Crippen molar-refractivity contribution in [2.45, 2.75) is 0 Å². The molecule has 0 N–H and O–H groups in total. The average Bonchev–Trinajstić information content (AvgIpc) is 2.66. The van der Waals surface area contributed by atoms with Crippen LogP contribution < -0.4 is 4.74 Å². The van der Waals surface area contributed by atoms with E-state index in [2.05, 4.69) is 24.9 Å². The average molecular weight is 347 g/mol. The molecule has 0 spiro atoms. The molecule has 0 aromatic heterocycles. The maximum absolute atomic E-state index is 7.50. The molecule has 0 radical (unpaired) electrons. The quantitative estimate of drug-likeness (QED) is 0.476. The van der Waals surface area contributed by atoms with E-state index in [1.54, 1.807) is 7.11 Å². The summed E-state index contributed by atoms with van der Waals surface area (Å²) in [6.45, 7) is 13.5. The zero-order valence-corrected chi connectivity index (χ0v) is 13.5. The molecule has 0 heterocycles. The summed E-state index contributed by atoms with van der Waals surface area (Å²) in [4.78, 5) is 4.38. The smallest absolute Gasteiger partial charge is 0 e. The van der Waals surface area contributed by atoms with Gasteiger partial charge in [-0.05, 0) is 24.3 Å². The van der Waals surface area contributed by atoms with E-state index < -0.39 is 0 Å². The summed E-state index contributed by atoms with van der Waals surface area (Å²) in [5.74, 6) is 0.835. The Bertz CT molecular complexity index is 592. The molecule has 0 aliphatic heterocycles. The minimum absolute atomic E-state index is 0. The molecule has 0 saturated heterocycles. The topological polar surface area (TPSA) is 81.3 Å². The van der Waals surface area contributed by atoms with E-state index in [1.807, 2.05) is 60.8 Å². The van der Waals surface area contributed by atoms with Crippen LogP contribution in [0.2, 0.25) is 0 Å². The number of ether oxygens (including phenoxy) is 1. The summed E-state index contributed by atoms with van der Waals surface area (Å²) in [6.07, 6.45) is 1.81. The van der Waals surface area contributed by atoms with Gasteiger partial charge >= 0.3 is 33.9 Å². The minimum atomic E-state index is 0. The van der Waals surface area contributed by atoms with Gasteiger partial charge in [0.05, 0.1) is 12.8 Å². The van der Waals surface area contributed by atoms with Gasteiger partial charge in [0.15, 0.2) is 0 Å². The van der Waals surface area contributed by atoms with Crippen LogP contribution in [0.4, 0.5) is 5.69 Å². The molecule has 0 aliphatic rings. The molecule has 0 unspecified atom stereocenters. The van der Waals surface area contributed by atoms with E-state index >= 15 is 0 Å². The third-order valence-corrected chi connectivity index (χ3v) is 2.25. The van der Waals surface area contributed by atoms with Crippen molar-refractivity contribution in [1.82, 2.24) is 0 Å². The van der Waals surface area contributed by atoms with Gasteiger partial charge in [0.1, 0.15) is 5.75 Å². The van der Waals surface area contributed by atoms with Crippen LogP contribution in [0.15, 0.2) is 59.6 Å². The largest absolute Gasteiger partial charge is 0 e. The van der Waals surface area contributed by atoms with Crippen molar-refractivity contribution in [3.05, 3.63) is 80.1 Å². The Morgan fingerprint density at radius 3 is 1.83 bits per heavy atom. The molecule has 23 heavy (non-hydrogen) atoms. The number of hydrogen-bond donors (Lipinski definition) is 0. The molecule has 2 rings (SSSR count). The molecule has 0 amide bonds. The van der Waals surface area contributed by atoms with E-state index in [0.717, 1.165) is 17.0 Å². The standard InChI is InChI=1S/C14H13NO.3CO.Cr/c1-16-14-10-6-5-7-12(14)11-15-13-8-3-2-4-9-13;3*1-2;/h2-11H,1H3;;;;. The first-order chi connectivity index (χ1) is 10.9. The molecule has 2 aromatic carbocycles. The van der Waals surface area contributed by atoms with Crippen molar-refractivity contribution in [3.8, 4) is 5.75 Å². The zero-order valence-electron chi connectivity index (χ0n) is 12.3. The van der Waals surface area contributed by atoms with E-state index in [4.69, 9.17) is 18.7 Å². The molecule has 6 heteroatoms. The predicted molar refractivity (Wildman–Crippen MR) is 78.5 cm³/mol. The van der Waals surface area contributed by atoms with Gasteiger partial charge in [0.25, 0.3) is 0 Å². The molecule has 0 fully saturated rings. The zero-order chi connectivity index (χ0) is 17.2. The van der Waals surface area contributed by atoms with Crippen LogP contribution in [0.5, 0.6) is 5.75 Å². The van der Waals surface area contributed by atoms with Crippen LogP contribution in [0.25, 0.3) is 0 Å². The molecule has 0 bridgehead atoms. The van der Waals surface area contributed by atoms with Crippen LogP contribution in [0.3, 0.4) is 0 Å². The predicted octanol–water partition coefficient (Wildman–Crippen LogP) is 3.33. The summed E-state index contributed by atoms with van der Waals surface area (Å²) < 4.78 is 27.7. The van der Waals surface area contributed by atoms with Crippen molar-refractivity contribution in [2.24, 2.45) is 4.99 Å². The minimum Gasteiger partial charge on any atom is 0 e. The molecule has 116 valence electrons. The van der Waals surface area contributed by atoms with Gasteiger partial charge in [-0.3, -0.25) is 4.99 Å². The van der Waals surface area contributed by atoms with Gasteiger partial charge in [0, 0.05) is 29.1 Å². The fourth-order valence-electron chi connectivity index (χ4n) is 1.43. The number of hydrogen-bond acceptors (Lipinski definition) is 2. The molecule has 0 atom stereocenters. The number of benzene rings is 2. The molecular weight excluding hydrogens is 334 g/mol. The Morgan fingerprint density at radius 2 is 1.30 bits per heavy atom. The Hall–Kier alpha value is -2.34. The van der Waals surface area contributed by atoms with Crippen LogP contribution >= 0.6 is 0 Å². The van der Waals surface area contributed by atoms with Gasteiger partial charge in [0.2, 0.25) is 0 Å². The molecule has 2 aromatic rings. The van der Waals surface area contributed by atoms with Gasteiger partial charge in [-0.2, -0.15) is 0 Å². The molecule has 5 nitrogen and oxygen atoms in total. The molecule has 0 saturated carbocycles. The van der Waals surface area contributed by atoms with Crippen LogP contribution in [0, 0.1) is 20.0 Å². The Kier molecular flexibility index (Phi) is 21.9. The second kappa shape index (κ2) is 19.7. The van der Waals surface area contributed by atoms with Crippen molar-refractivity contribution in [3.63, 3.8) is 0 Å². The maximum Gasteiger partial charge on any atom is 0 e. The summed E-state index contributed by atoms with van der Waals surface area (Å²) in [5.41, 5.74) is 1.92. The first kappa shape index (κ1) is 25.6. The molecule has 0 aliphatic carbocycles. The summed E-state index contributed by atoms with van der Waals surface area (Å²) >= 11 is 0. The Labute approximate surface area is 146 Å². The SMILES string of the molecule is COc1ccccc1C=Nc1ccccc1.[C-]#[O+].[C-]#[O+].[C-]#[O+].[Cr]. The monoisotopic (exact) mass is 347 g/mol. The Balaban J connectivity index is -0.000000514. The van der Waals surface area contributed by atoms with Crippen LogP contribution in [0.1, 0.15) is 5.56 Å². The number of aliphatic imine (C=N–C) groups is 1. The van der Waals surface area contributed by atoms with Gasteiger partial charge in [-0.1, -0.05) is 30.3 Å². The van der Waals surface area contributed by atoms with Gasteiger partial charge in [-0.15, -0.1) is 0 Å². The maximum atomic E-state index is 7.50. The summed E-state index contributed by atoms with van der Waals surface area (Å²) in [5, 5.41) is 0. The number of para-hydroxylation sites is 2. The fraction of sp³-hybridized carbons (Fsp3) is 0.0588. The van der Waals surface area contributed by atoms with Gasteiger partial charge < -0.3 is 4.74 Å². The van der Waals surface area contributed by atoms with E-state index in [1.165, 1.54) is 0 Å². The van der Waals surface area contributed by atoms with Crippen LogP contribution in [-0.2, 0) is 31.3 Å². The number of rotatable bonds is 3. The third-order valence-electron chi connectivity index (χ3n) is 2.25. The van der Waals surface area contributed by atoms with E-state index in [9.17, 15) is 0 Å². The first-order valence-electron chi connectivity index (χ1n) is 5.73. The Morgan fingerprint density at radius 1 is 0.826 bits per heavy atom. The van der Waals surface area contributed by atoms with E-state index in [0.29, 0.717) is 0 Å². The second-order valence-corrected chi connectivity index (χ2v) is 3.34. The normalized spacial score (nSPS) is 7.61. The fourth-order valence-corrected chi connectivity index (χ4v) is 1.43. The number of methoxy groups -OCH3 is 1. The number of nitrogens with zero attached hydrogens (tertiary/aromatic N) is 1. The van der Waals surface area contributed by atoms with E-state index in [-0.39, 0.29) is 17.4 Å². The van der Waals surface area contributed by atoms with Crippen molar-refractivity contribution >= 4 is 11.9 Å². The van der Waals surface area contributed by atoms with Crippen molar-refractivity contribution in [1.29, 1.82) is 0 Å². The second-order valence-electron chi connectivity index (χ2n) is 3.34. The molecular formula is C17H13CrNO4. The summed E-state index contributed by atoms with van der Waals surface area (Å²) in [7, 11) is 1.66. The third kappa shape index (κ3) is 11.0. The first-order valence-corrected chi connectivity index (χ1v) is 5.73. The van der Waals surface area contributed by atoms with Crippen LogP contribution in [-0.4, -0.2) is 13.3 Å². The van der Waals surface area contributed by atoms with Crippen molar-refractivity contribution < 1.29 is 36.1 Å². The van der Waals surface area contributed by atoms with Crippen molar-refractivity contribution in [2.75, 3.05) is 7.11 Å². The summed E-state index contributed by atoms with van der Waals surface area (Å²) in [6, 6.07) is 17.6.